The fraction of sp³-hybridized carbons (Fsp3) is 0.286. The van der Waals surface area contributed by atoms with Gasteiger partial charge < -0.3 is 9.90 Å². The smallest absolute Gasteiger partial charge is 0.0752 e. The lowest BCUT2D eigenvalue weighted by atomic mass is 10.1. The predicted molar refractivity (Wildman–Crippen MR) is 66.6 cm³/mol. The minimum atomic E-state index is -1.15. The first-order valence-electron chi connectivity index (χ1n) is 6.00. The molecule has 1 heterocycles. The average molecular weight is 243 g/mol. The number of rotatable bonds is 4. The highest BCUT2D eigenvalue weighted by atomic mass is 16.4. The van der Waals surface area contributed by atoms with Gasteiger partial charge in [0.2, 0.25) is 0 Å². The highest BCUT2D eigenvalue weighted by Gasteiger charge is 2.15. The standard InChI is InChI=1S/C14H16N2O2/c1-3-7-12-13(14(17)18)10(2)16(15-12)11-8-5-4-6-9-11/h4-6,8-9H,3,7H2,1-2H3,(H,17,18)/p-1. The summed E-state index contributed by atoms with van der Waals surface area (Å²) in [7, 11) is 0. The SMILES string of the molecule is CCCc1nn(-c2ccccc2)c(C)c1C(=O)[O-]. The molecule has 2 rings (SSSR count). The van der Waals surface area contributed by atoms with Crippen LogP contribution in [0.25, 0.3) is 5.69 Å². The summed E-state index contributed by atoms with van der Waals surface area (Å²) in [4.78, 5) is 11.2. The van der Waals surface area contributed by atoms with Crippen LogP contribution in [0.5, 0.6) is 0 Å². The van der Waals surface area contributed by atoms with Crippen LogP contribution in [0.15, 0.2) is 30.3 Å². The summed E-state index contributed by atoms with van der Waals surface area (Å²) >= 11 is 0. The monoisotopic (exact) mass is 243 g/mol. The van der Waals surface area contributed by atoms with Gasteiger partial charge in [-0.05, 0) is 25.5 Å². The summed E-state index contributed by atoms with van der Waals surface area (Å²) < 4.78 is 1.66. The van der Waals surface area contributed by atoms with Crippen LogP contribution < -0.4 is 5.11 Å². The predicted octanol–water partition coefficient (Wildman–Crippen LogP) is 1.50. The summed E-state index contributed by atoms with van der Waals surface area (Å²) in [6.07, 6.45) is 1.50. The number of nitrogens with zero attached hydrogens (tertiary/aromatic N) is 2. The number of aromatic carboxylic acids is 1. The van der Waals surface area contributed by atoms with Crippen LogP contribution in [0.4, 0.5) is 0 Å². The second-order valence-electron chi connectivity index (χ2n) is 4.19. The number of aryl methyl sites for hydroxylation is 1. The van der Waals surface area contributed by atoms with E-state index in [1.54, 1.807) is 11.6 Å². The van der Waals surface area contributed by atoms with Gasteiger partial charge in [0.05, 0.1) is 23.0 Å². The van der Waals surface area contributed by atoms with Crippen molar-refractivity contribution in [1.29, 1.82) is 0 Å². The van der Waals surface area contributed by atoms with Crippen molar-refractivity contribution in [2.24, 2.45) is 0 Å². The van der Waals surface area contributed by atoms with E-state index >= 15 is 0 Å². The van der Waals surface area contributed by atoms with Gasteiger partial charge in [0.15, 0.2) is 0 Å². The molecular weight excluding hydrogens is 228 g/mol. The Balaban J connectivity index is 2.57. The van der Waals surface area contributed by atoms with E-state index < -0.39 is 5.97 Å². The maximum atomic E-state index is 11.2. The molecule has 0 spiro atoms. The molecule has 0 N–H and O–H groups in total. The van der Waals surface area contributed by atoms with Gasteiger partial charge in [-0.2, -0.15) is 5.10 Å². The number of para-hydroxylation sites is 1. The molecule has 4 heteroatoms. The summed E-state index contributed by atoms with van der Waals surface area (Å²) in [5, 5.41) is 15.6. The van der Waals surface area contributed by atoms with Gasteiger partial charge in [-0.1, -0.05) is 31.5 Å². The van der Waals surface area contributed by atoms with Crippen LogP contribution in [0.2, 0.25) is 0 Å². The molecule has 0 saturated heterocycles. The fourth-order valence-electron chi connectivity index (χ4n) is 2.06. The number of carboxylic acid groups (broad SMARTS) is 1. The van der Waals surface area contributed by atoms with Gasteiger partial charge in [0.1, 0.15) is 0 Å². The molecule has 0 atom stereocenters. The van der Waals surface area contributed by atoms with E-state index in [4.69, 9.17) is 0 Å². The van der Waals surface area contributed by atoms with E-state index in [0.29, 0.717) is 17.8 Å². The van der Waals surface area contributed by atoms with Crippen molar-refractivity contribution in [3.8, 4) is 5.69 Å². The summed E-state index contributed by atoms with van der Waals surface area (Å²) in [5.41, 5.74) is 2.30. The zero-order valence-corrected chi connectivity index (χ0v) is 10.5. The normalized spacial score (nSPS) is 10.6. The molecule has 0 aliphatic carbocycles. The Morgan fingerprint density at radius 2 is 2.00 bits per heavy atom. The molecular formula is C14H15N2O2-. The third kappa shape index (κ3) is 2.14. The number of carbonyl (C=O) groups is 1. The lowest BCUT2D eigenvalue weighted by Crippen LogP contribution is -2.24. The van der Waals surface area contributed by atoms with Crippen molar-refractivity contribution in [3.63, 3.8) is 0 Å². The van der Waals surface area contributed by atoms with E-state index in [0.717, 1.165) is 12.1 Å². The zero-order valence-electron chi connectivity index (χ0n) is 10.5. The van der Waals surface area contributed by atoms with Gasteiger partial charge >= 0.3 is 0 Å². The molecule has 0 unspecified atom stereocenters. The van der Waals surface area contributed by atoms with Gasteiger partial charge in [-0.25, -0.2) is 4.68 Å². The topological polar surface area (TPSA) is 58.0 Å². The molecule has 1 aromatic carbocycles. The lowest BCUT2D eigenvalue weighted by molar-refractivity contribution is -0.255. The molecule has 0 amide bonds. The van der Waals surface area contributed by atoms with Crippen LogP contribution >= 0.6 is 0 Å². The Hall–Kier alpha value is -2.10. The molecule has 0 fully saturated rings. The summed E-state index contributed by atoms with van der Waals surface area (Å²) in [6, 6.07) is 9.50. The Labute approximate surface area is 106 Å². The minimum Gasteiger partial charge on any atom is -0.545 e. The summed E-state index contributed by atoms with van der Waals surface area (Å²) in [6.45, 7) is 3.75. The van der Waals surface area contributed by atoms with Crippen molar-refractivity contribution in [2.45, 2.75) is 26.7 Å². The first-order chi connectivity index (χ1) is 8.65. The van der Waals surface area contributed by atoms with Crippen LogP contribution in [-0.4, -0.2) is 15.7 Å². The Kier molecular flexibility index (Phi) is 3.46. The number of carbonyl (C=O) groups excluding carboxylic acids is 1. The number of aromatic nitrogens is 2. The van der Waals surface area contributed by atoms with Crippen LogP contribution in [0, 0.1) is 6.92 Å². The molecule has 2 aromatic rings. The van der Waals surface area contributed by atoms with Crippen molar-refractivity contribution in [2.75, 3.05) is 0 Å². The molecule has 0 saturated carbocycles. The van der Waals surface area contributed by atoms with Crippen LogP contribution in [0.1, 0.15) is 35.1 Å². The Morgan fingerprint density at radius 3 is 2.56 bits per heavy atom. The van der Waals surface area contributed by atoms with Gasteiger partial charge in [0, 0.05) is 5.56 Å². The van der Waals surface area contributed by atoms with Crippen molar-refractivity contribution < 1.29 is 9.90 Å². The first kappa shape index (κ1) is 12.4. The average Bonchev–Trinajstić information content (AvgIpc) is 2.68. The van der Waals surface area contributed by atoms with Gasteiger partial charge in [0.25, 0.3) is 0 Å². The molecule has 0 bridgehead atoms. The maximum Gasteiger partial charge on any atom is 0.0752 e. The second-order valence-corrected chi connectivity index (χ2v) is 4.19. The third-order valence-electron chi connectivity index (χ3n) is 2.88. The second kappa shape index (κ2) is 5.04. The van der Waals surface area contributed by atoms with Crippen molar-refractivity contribution in [3.05, 3.63) is 47.3 Å². The molecule has 94 valence electrons. The van der Waals surface area contributed by atoms with E-state index in [9.17, 15) is 9.90 Å². The minimum absolute atomic E-state index is 0.223. The quantitative estimate of drug-likeness (QED) is 0.817. The van der Waals surface area contributed by atoms with Crippen LogP contribution in [-0.2, 0) is 6.42 Å². The molecule has 18 heavy (non-hydrogen) atoms. The van der Waals surface area contributed by atoms with Gasteiger partial charge in [-0.15, -0.1) is 0 Å². The largest absolute Gasteiger partial charge is 0.545 e. The third-order valence-corrected chi connectivity index (χ3v) is 2.88. The number of benzene rings is 1. The van der Waals surface area contributed by atoms with Crippen molar-refractivity contribution in [1.82, 2.24) is 9.78 Å². The zero-order chi connectivity index (χ0) is 13.1. The van der Waals surface area contributed by atoms with E-state index in [2.05, 4.69) is 5.10 Å². The van der Waals surface area contributed by atoms with Crippen molar-refractivity contribution >= 4 is 5.97 Å². The fourth-order valence-corrected chi connectivity index (χ4v) is 2.06. The molecule has 1 aromatic heterocycles. The number of hydrogen-bond donors (Lipinski definition) is 0. The van der Waals surface area contributed by atoms with E-state index in [-0.39, 0.29) is 5.56 Å². The Bertz CT molecular complexity index is 559. The first-order valence-corrected chi connectivity index (χ1v) is 6.00. The molecule has 0 aliphatic heterocycles. The highest BCUT2D eigenvalue weighted by Crippen LogP contribution is 2.18. The Morgan fingerprint density at radius 1 is 1.33 bits per heavy atom. The molecule has 4 nitrogen and oxygen atoms in total. The molecule has 0 radical (unpaired) electrons. The van der Waals surface area contributed by atoms with E-state index in [1.165, 1.54) is 0 Å². The molecule has 0 aliphatic rings. The maximum absolute atomic E-state index is 11.2. The van der Waals surface area contributed by atoms with Crippen LogP contribution in [0.3, 0.4) is 0 Å². The van der Waals surface area contributed by atoms with E-state index in [1.807, 2.05) is 37.3 Å². The van der Waals surface area contributed by atoms with Gasteiger partial charge in [-0.3, -0.25) is 0 Å². The number of carboxylic acids is 1. The highest BCUT2D eigenvalue weighted by molar-refractivity contribution is 5.88. The number of hydrogen-bond acceptors (Lipinski definition) is 3. The lowest BCUT2D eigenvalue weighted by Gasteiger charge is -2.05. The summed E-state index contributed by atoms with van der Waals surface area (Å²) in [5.74, 6) is -1.15.